The molecular formula is C20H22N6O. The number of para-hydroxylation sites is 2. The molecule has 0 saturated carbocycles. The molecule has 0 spiro atoms. The zero-order chi connectivity index (χ0) is 18.4. The highest BCUT2D eigenvalue weighted by Gasteiger charge is 2.32. The third-order valence-corrected chi connectivity index (χ3v) is 5.64. The third kappa shape index (κ3) is 2.70. The van der Waals surface area contributed by atoms with E-state index in [0.29, 0.717) is 18.0 Å². The van der Waals surface area contributed by atoms with E-state index in [1.807, 2.05) is 36.5 Å². The van der Waals surface area contributed by atoms with E-state index >= 15 is 0 Å². The highest BCUT2D eigenvalue weighted by Crippen LogP contribution is 2.31. The summed E-state index contributed by atoms with van der Waals surface area (Å²) in [6.07, 6.45) is 4.61. The Morgan fingerprint density at radius 3 is 3.00 bits per heavy atom. The van der Waals surface area contributed by atoms with Gasteiger partial charge in [0, 0.05) is 26.3 Å². The quantitative estimate of drug-likeness (QED) is 0.602. The minimum Gasteiger partial charge on any atom is -0.423 e. The average Bonchev–Trinajstić information content (AvgIpc) is 3.34. The van der Waals surface area contributed by atoms with Crippen molar-refractivity contribution in [2.45, 2.75) is 19.4 Å². The normalized spacial score (nSPS) is 20.4. The lowest BCUT2D eigenvalue weighted by molar-refractivity contribution is 0.355. The van der Waals surface area contributed by atoms with Gasteiger partial charge in [-0.05, 0) is 30.5 Å². The minimum atomic E-state index is 0.307. The Bertz CT molecular complexity index is 1050. The molecule has 4 heterocycles. The van der Waals surface area contributed by atoms with Crippen molar-refractivity contribution in [2.24, 2.45) is 5.92 Å². The molecule has 2 unspecified atom stereocenters. The molecule has 1 aliphatic rings. The van der Waals surface area contributed by atoms with Crippen LogP contribution in [-0.4, -0.2) is 46.1 Å². The summed E-state index contributed by atoms with van der Waals surface area (Å²) >= 11 is 0. The summed E-state index contributed by atoms with van der Waals surface area (Å²) in [6, 6.07) is 11.0. The van der Waals surface area contributed by atoms with E-state index in [2.05, 4.69) is 43.7 Å². The standard InChI is InChI=1S/C20H22N6O/c1-13-8-10-26(20-24-15-5-3-4-6-17(15)27-20)11-16(13)25(2)19-14-7-9-21-18(14)22-12-23-19/h3-7,9,12-13,16H,8,10-11H2,1-2H3,(H,21,22,23). The Morgan fingerprint density at radius 2 is 2.11 bits per heavy atom. The monoisotopic (exact) mass is 362 g/mol. The molecule has 1 aromatic carbocycles. The fraction of sp³-hybridized carbons (Fsp3) is 0.350. The maximum absolute atomic E-state index is 6.00. The number of nitrogens with zero attached hydrogens (tertiary/aromatic N) is 5. The Balaban J connectivity index is 1.45. The predicted molar refractivity (Wildman–Crippen MR) is 106 cm³/mol. The van der Waals surface area contributed by atoms with Gasteiger partial charge in [-0.15, -0.1) is 0 Å². The van der Waals surface area contributed by atoms with Crippen molar-refractivity contribution < 1.29 is 4.42 Å². The minimum absolute atomic E-state index is 0.307. The largest absolute Gasteiger partial charge is 0.423 e. The maximum atomic E-state index is 6.00. The van der Waals surface area contributed by atoms with Crippen molar-refractivity contribution in [3.05, 3.63) is 42.9 Å². The van der Waals surface area contributed by atoms with E-state index in [0.717, 1.165) is 47.5 Å². The first-order valence-electron chi connectivity index (χ1n) is 9.32. The van der Waals surface area contributed by atoms with Gasteiger partial charge in [-0.1, -0.05) is 19.1 Å². The van der Waals surface area contributed by atoms with E-state index < -0.39 is 0 Å². The van der Waals surface area contributed by atoms with Crippen LogP contribution in [0.3, 0.4) is 0 Å². The zero-order valence-electron chi connectivity index (χ0n) is 15.5. The molecule has 7 nitrogen and oxygen atoms in total. The first-order chi connectivity index (χ1) is 13.2. The van der Waals surface area contributed by atoms with Crippen LogP contribution in [0.2, 0.25) is 0 Å². The number of piperidine rings is 1. The number of likely N-dealkylation sites (N-methyl/N-ethyl adjacent to an activating group) is 1. The number of H-pyrrole nitrogens is 1. The van der Waals surface area contributed by atoms with Gasteiger partial charge in [-0.3, -0.25) is 0 Å². The highest BCUT2D eigenvalue weighted by molar-refractivity contribution is 5.87. The van der Waals surface area contributed by atoms with E-state index in [9.17, 15) is 0 Å². The maximum Gasteiger partial charge on any atom is 0.298 e. The van der Waals surface area contributed by atoms with E-state index in [1.54, 1.807) is 6.33 Å². The molecule has 1 saturated heterocycles. The van der Waals surface area contributed by atoms with Crippen LogP contribution >= 0.6 is 0 Å². The van der Waals surface area contributed by atoms with Gasteiger partial charge in [0.25, 0.3) is 6.01 Å². The summed E-state index contributed by atoms with van der Waals surface area (Å²) in [4.78, 5) is 21.2. The van der Waals surface area contributed by atoms with Crippen LogP contribution in [0.25, 0.3) is 22.1 Å². The second kappa shape index (κ2) is 6.26. The third-order valence-electron chi connectivity index (χ3n) is 5.64. The molecule has 0 amide bonds. The lowest BCUT2D eigenvalue weighted by Gasteiger charge is -2.41. The van der Waals surface area contributed by atoms with Gasteiger partial charge in [-0.25, -0.2) is 9.97 Å². The van der Waals surface area contributed by atoms with Crippen molar-refractivity contribution in [3.8, 4) is 0 Å². The number of aromatic amines is 1. The summed E-state index contributed by atoms with van der Waals surface area (Å²) in [5.41, 5.74) is 2.60. The fourth-order valence-corrected chi connectivity index (χ4v) is 4.02. The van der Waals surface area contributed by atoms with Gasteiger partial charge in [0.15, 0.2) is 5.58 Å². The van der Waals surface area contributed by atoms with Gasteiger partial charge >= 0.3 is 0 Å². The van der Waals surface area contributed by atoms with Crippen LogP contribution in [0.5, 0.6) is 0 Å². The number of nitrogens with one attached hydrogen (secondary N) is 1. The first-order valence-corrected chi connectivity index (χ1v) is 9.32. The van der Waals surface area contributed by atoms with Gasteiger partial charge in [0.2, 0.25) is 0 Å². The van der Waals surface area contributed by atoms with Crippen molar-refractivity contribution in [3.63, 3.8) is 0 Å². The topological polar surface area (TPSA) is 74.1 Å². The van der Waals surface area contributed by atoms with E-state index in [1.165, 1.54) is 0 Å². The Hall–Kier alpha value is -3.09. The number of hydrogen-bond donors (Lipinski definition) is 1. The first kappa shape index (κ1) is 16.1. The highest BCUT2D eigenvalue weighted by atomic mass is 16.4. The van der Waals surface area contributed by atoms with Crippen molar-refractivity contribution in [1.82, 2.24) is 19.9 Å². The number of anilines is 2. The number of hydrogen-bond acceptors (Lipinski definition) is 6. The van der Waals surface area contributed by atoms with Crippen LogP contribution in [0.4, 0.5) is 11.8 Å². The summed E-state index contributed by atoms with van der Waals surface area (Å²) in [5, 5.41) is 1.05. The molecule has 0 radical (unpaired) electrons. The SMILES string of the molecule is CC1CCN(c2nc3ccccc3o2)CC1N(C)c1ncnc2[nH]ccc12. The van der Waals surface area contributed by atoms with Crippen molar-refractivity contribution in [1.29, 1.82) is 0 Å². The smallest absolute Gasteiger partial charge is 0.298 e. The number of benzene rings is 1. The van der Waals surface area contributed by atoms with Crippen LogP contribution in [0, 0.1) is 5.92 Å². The van der Waals surface area contributed by atoms with Gasteiger partial charge < -0.3 is 19.2 Å². The summed E-state index contributed by atoms with van der Waals surface area (Å²) in [7, 11) is 2.12. The van der Waals surface area contributed by atoms with Crippen LogP contribution in [0.15, 0.2) is 47.3 Å². The van der Waals surface area contributed by atoms with E-state index in [4.69, 9.17) is 4.42 Å². The molecule has 138 valence electrons. The molecule has 3 aromatic heterocycles. The summed E-state index contributed by atoms with van der Waals surface area (Å²) in [5.74, 6) is 1.50. The molecular weight excluding hydrogens is 340 g/mol. The Labute approximate surface area is 157 Å². The summed E-state index contributed by atoms with van der Waals surface area (Å²) < 4.78 is 6.00. The molecule has 1 fully saturated rings. The average molecular weight is 362 g/mol. The van der Waals surface area contributed by atoms with Crippen LogP contribution < -0.4 is 9.80 Å². The number of rotatable bonds is 3. The fourth-order valence-electron chi connectivity index (χ4n) is 4.02. The molecule has 1 N–H and O–H groups in total. The van der Waals surface area contributed by atoms with Crippen molar-refractivity contribution in [2.75, 3.05) is 29.9 Å². The summed E-state index contributed by atoms with van der Waals surface area (Å²) in [6.45, 7) is 4.10. The second-order valence-corrected chi connectivity index (χ2v) is 7.29. The molecule has 1 aliphatic heterocycles. The Morgan fingerprint density at radius 1 is 1.22 bits per heavy atom. The zero-order valence-corrected chi connectivity index (χ0v) is 15.5. The number of aromatic nitrogens is 4. The lowest BCUT2D eigenvalue weighted by atomic mass is 9.92. The molecule has 0 bridgehead atoms. The second-order valence-electron chi connectivity index (χ2n) is 7.29. The molecule has 27 heavy (non-hydrogen) atoms. The molecule has 5 rings (SSSR count). The molecule has 2 atom stereocenters. The number of oxazole rings is 1. The molecule has 7 heteroatoms. The van der Waals surface area contributed by atoms with E-state index in [-0.39, 0.29) is 0 Å². The number of fused-ring (bicyclic) bond motifs is 2. The molecule has 4 aromatic rings. The van der Waals surface area contributed by atoms with Gasteiger partial charge in [-0.2, -0.15) is 4.98 Å². The van der Waals surface area contributed by atoms with Crippen molar-refractivity contribution >= 4 is 34.0 Å². The van der Waals surface area contributed by atoms with Gasteiger partial charge in [0.05, 0.1) is 11.4 Å². The lowest BCUT2D eigenvalue weighted by Crippen LogP contribution is -2.51. The van der Waals surface area contributed by atoms with Gasteiger partial charge in [0.1, 0.15) is 23.3 Å². The Kier molecular flexibility index (Phi) is 3.74. The molecule has 0 aliphatic carbocycles. The van der Waals surface area contributed by atoms with Crippen LogP contribution in [-0.2, 0) is 0 Å². The van der Waals surface area contributed by atoms with Crippen LogP contribution in [0.1, 0.15) is 13.3 Å². The predicted octanol–water partition coefficient (Wildman–Crippen LogP) is 3.45.